The molecule has 0 bridgehead atoms. The molecule has 3 unspecified atom stereocenters. The van der Waals surface area contributed by atoms with E-state index in [-0.39, 0.29) is 12.1 Å². The number of benzene rings is 3. The van der Waals surface area contributed by atoms with Crippen LogP contribution >= 0.6 is 11.6 Å². The van der Waals surface area contributed by atoms with Crippen LogP contribution in [0.1, 0.15) is 17.9 Å². The second-order valence-electron chi connectivity index (χ2n) is 8.74. The number of aromatic nitrogens is 2. The molecule has 0 saturated heterocycles. The van der Waals surface area contributed by atoms with Gasteiger partial charge in [-0.2, -0.15) is 5.10 Å². The largest absolute Gasteiger partial charge is 0.755 e. The molecule has 1 aliphatic rings. The minimum atomic E-state index is -2.81. The molecule has 1 heterocycles. The van der Waals surface area contributed by atoms with Gasteiger partial charge in [0.25, 0.3) is 0 Å². The van der Waals surface area contributed by atoms with E-state index in [1.54, 1.807) is 71.5 Å². The molecule has 3 aromatic carbocycles. The minimum Gasteiger partial charge on any atom is -0.755 e. The number of aliphatic carboxylic acids is 1. The molecule has 0 radical (unpaired) electrons. The number of anilines is 1. The molecule has 37 heavy (non-hydrogen) atoms. The molecule has 1 aromatic heterocycles. The van der Waals surface area contributed by atoms with Crippen molar-refractivity contribution in [3.05, 3.63) is 102 Å². The molecule has 0 aliphatic heterocycles. The summed E-state index contributed by atoms with van der Waals surface area (Å²) in [4.78, 5) is 12.5. The Labute approximate surface area is 221 Å². The lowest BCUT2D eigenvalue weighted by atomic mass is 10.0. The molecule has 4 aromatic rings. The van der Waals surface area contributed by atoms with Crippen molar-refractivity contribution in [3.8, 4) is 16.9 Å². The monoisotopic (exact) mass is 536 g/mol. The zero-order valence-corrected chi connectivity index (χ0v) is 21.1. The predicted molar refractivity (Wildman–Crippen MR) is 140 cm³/mol. The molecule has 10 heteroatoms. The standard InChI is InChI=1S/C27H24ClN3O5S/c28-22-9-5-19(6-10-22)20-7-11-23(12-8-20)31(37(34)35)27(26(32)33)18-25(27)21-3-1-4-24(17-21)36-16-15-30-14-2-13-29-30/h1-14,17,25H,15-16,18H2,(H,32,33)(H,34,35)/p-1. The fourth-order valence-corrected chi connectivity index (χ4v) is 5.55. The molecule has 1 fully saturated rings. The Hall–Kier alpha value is -3.66. The van der Waals surface area contributed by atoms with Crippen molar-refractivity contribution < 1.29 is 23.4 Å². The number of rotatable bonds is 10. The third kappa shape index (κ3) is 5.11. The Morgan fingerprint density at radius 2 is 1.84 bits per heavy atom. The van der Waals surface area contributed by atoms with E-state index in [2.05, 4.69) is 5.10 Å². The fraction of sp³-hybridized carbons (Fsp3) is 0.185. The molecule has 0 spiro atoms. The first kappa shape index (κ1) is 25.0. The zero-order valence-electron chi connectivity index (χ0n) is 19.6. The van der Waals surface area contributed by atoms with E-state index in [0.717, 1.165) is 15.4 Å². The van der Waals surface area contributed by atoms with Crippen LogP contribution in [0.2, 0.25) is 5.02 Å². The smallest absolute Gasteiger partial charge is 0.331 e. The number of hydrogen-bond acceptors (Lipinski definition) is 5. The minimum absolute atomic E-state index is 0.145. The van der Waals surface area contributed by atoms with Crippen LogP contribution in [0.15, 0.2) is 91.3 Å². The second kappa shape index (κ2) is 10.4. The van der Waals surface area contributed by atoms with Gasteiger partial charge in [0, 0.05) is 40.3 Å². The number of carboxylic acids is 1. The second-order valence-corrected chi connectivity index (χ2v) is 9.98. The first-order valence-corrected chi connectivity index (χ1v) is 13.0. The van der Waals surface area contributed by atoms with Crippen molar-refractivity contribution in [2.24, 2.45) is 0 Å². The van der Waals surface area contributed by atoms with Gasteiger partial charge in [-0.3, -0.25) is 13.2 Å². The maximum Gasteiger partial charge on any atom is 0.331 e. The molecule has 1 aliphatic carbocycles. The summed E-state index contributed by atoms with van der Waals surface area (Å²) < 4.78 is 33.3. The van der Waals surface area contributed by atoms with Gasteiger partial charge in [0.1, 0.15) is 12.4 Å². The average Bonchev–Trinajstić information content (AvgIpc) is 3.42. The van der Waals surface area contributed by atoms with Gasteiger partial charge < -0.3 is 14.4 Å². The van der Waals surface area contributed by atoms with E-state index in [1.807, 2.05) is 24.4 Å². The number of nitrogens with zero attached hydrogens (tertiary/aromatic N) is 3. The van der Waals surface area contributed by atoms with E-state index < -0.39 is 28.7 Å². The Morgan fingerprint density at radius 1 is 1.14 bits per heavy atom. The highest BCUT2D eigenvalue weighted by Crippen LogP contribution is 2.57. The number of carbonyl (C=O) groups is 1. The highest BCUT2D eigenvalue weighted by atomic mass is 35.5. The van der Waals surface area contributed by atoms with Crippen LogP contribution in [0.25, 0.3) is 11.1 Å². The Bertz CT molecular complexity index is 1410. The fourth-order valence-electron chi connectivity index (χ4n) is 4.59. The Morgan fingerprint density at radius 3 is 2.46 bits per heavy atom. The van der Waals surface area contributed by atoms with E-state index in [1.165, 1.54) is 0 Å². The third-order valence-electron chi connectivity index (χ3n) is 6.50. The van der Waals surface area contributed by atoms with Crippen molar-refractivity contribution in [2.45, 2.75) is 24.4 Å². The molecule has 1 N–H and O–H groups in total. The number of carboxylic acid groups (broad SMARTS) is 1. The first-order chi connectivity index (χ1) is 17.9. The lowest BCUT2D eigenvalue weighted by molar-refractivity contribution is -0.139. The Balaban J connectivity index is 1.37. The summed E-state index contributed by atoms with van der Waals surface area (Å²) in [5.41, 5.74) is 1.12. The van der Waals surface area contributed by atoms with Crippen LogP contribution in [0.3, 0.4) is 0 Å². The van der Waals surface area contributed by atoms with Crippen molar-refractivity contribution in [1.29, 1.82) is 0 Å². The average molecular weight is 537 g/mol. The zero-order chi connectivity index (χ0) is 26.0. The van der Waals surface area contributed by atoms with Gasteiger partial charge in [-0.05, 0) is 65.6 Å². The summed E-state index contributed by atoms with van der Waals surface area (Å²) in [5.74, 6) is -1.15. The van der Waals surface area contributed by atoms with Gasteiger partial charge in [0.15, 0.2) is 5.54 Å². The summed E-state index contributed by atoms with van der Waals surface area (Å²) in [7, 11) is 0. The Kier molecular flexibility index (Phi) is 7.01. The van der Waals surface area contributed by atoms with Crippen LogP contribution in [0.4, 0.5) is 5.69 Å². The number of ether oxygens (including phenoxy) is 1. The summed E-state index contributed by atoms with van der Waals surface area (Å²) in [6.07, 6.45) is 3.67. The first-order valence-electron chi connectivity index (χ1n) is 11.6. The normalized spacial score (nSPS) is 19.2. The van der Waals surface area contributed by atoms with Crippen molar-refractivity contribution in [3.63, 3.8) is 0 Å². The highest BCUT2D eigenvalue weighted by molar-refractivity contribution is 7.80. The molecule has 190 valence electrons. The third-order valence-corrected chi connectivity index (χ3v) is 7.59. The summed E-state index contributed by atoms with van der Waals surface area (Å²) in [6.45, 7) is 0.950. The molecule has 3 atom stereocenters. The van der Waals surface area contributed by atoms with Gasteiger partial charge in [-0.25, -0.2) is 4.79 Å². The summed E-state index contributed by atoms with van der Waals surface area (Å²) in [6, 6.07) is 23.0. The van der Waals surface area contributed by atoms with Crippen LogP contribution in [0.5, 0.6) is 5.75 Å². The molecule has 0 amide bonds. The summed E-state index contributed by atoms with van der Waals surface area (Å²) in [5, 5.41) is 15.0. The van der Waals surface area contributed by atoms with Crippen LogP contribution < -0.4 is 9.04 Å². The van der Waals surface area contributed by atoms with Crippen LogP contribution in [0, 0.1) is 0 Å². The SMILES string of the molecule is O=C(O)C1(N(c2ccc(-c3ccc(Cl)cc3)cc2)S(=O)[O-])CC1c1cccc(OCCn2cccn2)c1. The molecule has 8 nitrogen and oxygen atoms in total. The van der Waals surface area contributed by atoms with Gasteiger partial charge in [0.05, 0.1) is 6.54 Å². The van der Waals surface area contributed by atoms with Crippen molar-refractivity contribution >= 4 is 34.5 Å². The predicted octanol–water partition coefficient (Wildman–Crippen LogP) is 4.89. The quantitative estimate of drug-likeness (QED) is 0.289. The number of halogens is 1. The van der Waals surface area contributed by atoms with E-state index >= 15 is 0 Å². The lowest BCUT2D eigenvalue weighted by Crippen LogP contribution is -2.46. The maximum absolute atomic E-state index is 12.5. The van der Waals surface area contributed by atoms with Crippen LogP contribution in [-0.4, -0.2) is 41.8 Å². The summed E-state index contributed by atoms with van der Waals surface area (Å²) >= 11 is 3.15. The molecular weight excluding hydrogens is 514 g/mol. The van der Waals surface area contributed by atoms with Gasteiger partial charge in [0.2, 0.25) is 0 Å². The van der Waals surface area contributed by atoms with E-state index in [4.69, 9.17) is 16.3 Å². The molecular formula is C27H23ClN3O5S-. The highest BCUT2D eigenvalue weighted by Gasteiger charge is 2.66. The van der Waals surface area contributed by atoms with Gasteiger partial charge in [-0.1, -0.05) is 48.0 Å². The van der Waals surface area contributed by atoms with Gasteiger partial charge in [-0.15, -0.1) is 0 Å². The molecule has 5 rings (SSSR count). The van der Waals surface area contributed by atoms with Crippen molar-refractivity contribution in [2.75, 3.05) is 10.9 Å². The lowest BCUT2D eigenvalue weighted by Gasteiger charge is -2.33. The van der Waals surface area contributed by atoms with E-state index in [9.17, 15) is 18.7 Å². The van der Waals surface area contributed by atoms with E-state index in [0.29, 0.717) is 29.5 Å². The maximum atomic E-state index is 12.5. The van der Waals surface area contributed by atoms with Gasteiger partial charge >= 0.3 is 5.97 Å². The molecule has 1 saturated carbocycles. The van der Waals surface area contributed by atoms with Crippen LogP contribution in [-0.2, 0) is 22.6 Å². The van der Waals surface area contributed by atoms with Crippen molar-refractivity contribution in [1.82, 2.24) is 9.78 Å². The number of hydrogen-bond donors (Lipinski definition) is 1. The topological polar surface area (TPSA) is 108 Å².